The van der Waals surface area contributed by atoms with Crippen LogP contribution in [0.1, 0.15) is 45.7 Å². The number of ketones is 1. The number of likely N-dealkylation sites (tertiary alicyclic amines) is 2. The molecular weight excluding hydrogens is 488 g/mol. The Bertz CT molecular complexity index is 1250. The van der Waals surface area contributed by atoms with Gasteiger partial charge in [0.2, 0.25) is 0 Å². The predicted octanol–water partition coefficient (Wildman–Crippen LogP) is 2.77. The number of carbonyl (C=O) groups excluding carboxylic acids is 3. The molecule has 0 aromatic heterocycles. The third-order valence-electron chi connectivity index (χ3n) is 8.35. The highest BCUT2D eigenvalue weighted by molar-refractivity contribution is 6.03. The molecule has 2 fully saturated rings. The fraction of sp³-hybridized carbons (Fsp3) is 0.483. The molecule has 2 amide bonds. The largest absolute Gasteiger partial charge is 0.495 e. The Morgan fingerprint density at radius 2 is 1.13 bits per heavy atom. The van der Waals surface area contributed by atoms with Crippen molar-refractivity contribution < 1.29 is 33.3 Å². The van der Waals surface area contributed by atoms with E-state index in [1.54, 1.807) is 36.2 Å². The Morgan fingerprint density at radius 1 is 0.737 bits per heavy atom. The first-order chi connectivity index (χ1) is 18.2. The van der Waals surface area contributed by atoms with Crippen LogP contribution in [-0.2, 0) is 17.6 Å². The molecule has 0 N–H and O–H groups in total. The van der Waals surface area contributed by atoms with E-state index >= 15 is 0 Å². The van der Waals surface area contributed by atoms with Crippen LogP contribution in [0.2, 0.25) is 0 Å². The Kier molecular flexibility index (Phi) is 5.59. The Labute approximate surface area is 221 Å². The number of carbonyl (C=O) groups is 3. The fourth-order valence-electron chi connectivity index (χ4n) is 6.83. The van der Waals surface area contributed by atoms with Crippen LogP contribution in [0.15, 0.2) is 24.3 Å². The van der Waals surface area contributed by atoms with E-state index < -0.39 is 10.8 Å². The number of methoxy groups -OCH3 is 2. The second kappa shape index (κ2) is 8.64. The number of benzene rings is 2. The maximum absolute atomic E-state index is 13.8. The van der Waals surface area contributed by atoms with E-state index in [0.717, 1.165) is 22.6 Å². The van der Waals surface area contributed by atoms with E-state index in [1.165, 1.54) is 0 Å². The van der Waals surface area contributed by atoms with Gasteiger partial charge in [-0.2, -0.15) is 0 Å². The molecule has 2 saturated heterocycles. The average molecular weight is 521 g/mol. The van der Waals surface area contributed by atoms with Crippen LogP contribution in [0.4, 0.5) is 0 Å². The molecule has 2 aromatic rings. The van der Waals surface area contributed by atoms with E-state index in [2.05, 4.69) is 0 Å². The minimum atomic E-state index is -0.906. The van der Waals surface area contributed by atoms with Gasteiger partial charge in [0.15, 0.2) is 5.78 Å². The maximum Gasteiger partial charge on any atom is 0.257 e. The van der Waals surface area contributed by atoms with Crippen molar-refractivity contribution in [3.05, 3.63) is 46.5 Å². The van der Waals surface area contributed by atoms with Crippen LogP contribution < -0.4 is 18.9 Å². The van der Waals surface area contributed by atoms with Gasteiger partial charge in [-0.1, -0.05) is 0 Å². The third-order valence-corrected chi connectivity index (χ3v) is 8.35. The summed E-state index contributed by atoms with van der Waals surface area (Å²) >= 11 is 0. The summed E-state index contributed by atoms with van der Waals surface area (Å²) in [6.07, 6.45) is 1.37. The van der Waals surface area contributed by atoms with Gasteiger partial charge in [-0.05, 0) is 38.1 Å². The number of hydrogen-bond acceptors (Lipinski definition) is 7. The normalized spacial score (nSPS) is 25.3. The van der Waals surface area contributed by atoms with Gasteiger partial charge >= 0.3 is 0 Å². The molecule has 6 rings (SSSR count). The monoisotopic (exact) mass is 520 g/mol. The molecule has 0 aliphatic carbocycles. The van der Waals surface area contributed by atoms with Crippen molar-refractivity contribution in [1.82, 2.24) is 9.80 Å². The van der Waals surface area contributed by atoms with E-state index in [0.29, 0.717) is 48.7 Å². The highest BCUT2D eigenvalue weighted by Crippen LogP contribution is 2.45. The quantitative estimate of drug-likeness (QED) is 0.612. The van der Waals surface area contributed by atoms with Crippen LogP contribution in [0.25, 0.3) is 0 Å². The zero-order chi connectivity index (χ0) is 26.8. The highest BCUT2D eigenvalue weighted by atomic mass is 16.5. The number of ether oxygens (including phenoxy) is 4. The molecule has 2 bridgehead atoms. The van der Waals surface area contributed by atoms with Gasteiger partial charge < -0.3 is 28.7 Å². The van der Waals surface area contributed by atoms with E-state index in [9.17, 15) is 14.4 Å². The SMILES string of the molecule is COc1c(C(=O)N2CC3(C)CN(C(=O)c4ccc5c(c4OC)CCO5)CC(C)(C2)C3=O)ccc2c1CCO2. The second-order valence-electron chi connectivity index (χ2n) is 11.2. The first kappa shape index (κ1) is 24.6. The van der Waals surface area contributed by atoms with Gasteiger partial charge in [0.25, 0.3) is 11.8 Å². The minimum Gasteiger partial charge on any atom is -0.495 e. The van der Waals surface area contributed by atoms with Gasteiger partial charge in [0.1, 0.15) is 23.0 Å². The lowest BCUT2D eigenvalue weighted by molar-refractivity contribution is -0.153. The highest BCUT2D eigenvalue weighted by Gasteiger charge is 2.57. The molecule has 0 atom stereocenters. The minimum absolute atomic E-state index is 0.0849. The molecule has 0 spiro atoms. The summed E-state index contributed by atoms with van der Waals surface area (Å²) in [5, 5.41) is 0. The Balaban J connectivity index is 1.29. The zero-order valence-electron chi connectivity index (χ0n) is 22.2. The molecule has 0 unspecified atom stereocenters. The van der Waals surface area contributed by atoms with Crippen molar-refractivity contribution in [3.8, 4) is 23.0 Å². The molecule has 9 nitrogen and oxygen atoms in total. The lowest BCUT2D eigenvalue weighted by Gasteiger charge is -2.55. The molecule has 4 aliphatic heterocycles. The third kappa shape index (κ3) is 3.55. The van der Waals surface area contributed by atoms with Crippen LogP contribution in [0, 0.1) is 10.8 Å². The number of rotatable bonds is 4. The molecule has 4 aliphatic rings. The van der Waals surface area contributed by atoms with Crippen molar-refractivity contribution in [2.75, 3.05) is 53.6 Å². The lowest BCUT2D eigenvalue weighted by atomic mass is 9.64. The summed E-state index contributed by atoms with van der Waals surface area (Å²) in [6, 6.07) is 7.10. The summed E-state index contributed by atoms with van der Waals surface area (Å²) in [7, 11) is 3.12. The molecule has 200 valence electrons. The number of Topliss-reactive ketones (excluding diaryl/α,β-unsaturated/α-hetero) is 1. The summed E-state index contributed by atoms with van der Waals surface area (Å²) < 4.78 is 22.6. The number of piperidine rings is 2. The summed E-state index contributed by atoms with van der Waals surface area (Å²) in [5.41, 5.74) is 0.917. The molecule has 4 heterocycles. The van der Waals surface area contributed by atoms with Crippen molar-refractivity contribution >= 4 is 17.6 Å². The number of amides is 2. The van der Waals surface area contributed by atoms with Crippen molar-refractivity contribution in [1.29, 1.82) is 0 Å². The maximum atomic E-state index is 13.8. The van der Waals surface area contributed by atoms with Gasteiger partial charge in [-0.15, -0.1) is 0 Å². The smallest absolute Gasteiger partial charge is 0.257 e. The first-order valence-corrected chi connectivity index (χ1v) is 13.0. The van der Waals surface area contributed by atoms with E-state index in [1.807, 2.05) is 26.0 Å². The molecule has 2 aromatic carbocycles. The molecular formula is C29H32N2O7. The molecule has 0 radical (unpaired) electrons. The zero-order valence-corrected chi connectivity index (χ0v) is 22.2. The topological polar surface area (TPSA) is 94.6 Å². The molecule has 38 heavy (non-hydrogen) atoms. The lowest BCUT2D eigenvalue weighted by Crippen LogP contribution is -2.69. The Morgan fingerprint density at radius 3 is 1.50 bits per heavy atom. The van der Waals surface area contributed by atoms with Crippen molar-refractivity contribution in [2.45, 2.75) is 26.7 Å². The average Bonchev–Trinajstić information content (AvgIpc) is 3.58. The number of hydrogen-bond donors (Lipinski definition) is 0. The first-order valence-electron chi connectivity index (χ1n) is 13.0. The van der Waals surface area contributed by atoms with Crippen molar-refractivity contribution in [2.24, 2.45) is 10.8 Å². The van der Waals surface area contributed by atoms with Gasteiger partial charge in [-0.25, -0.2) is 0 Å². The predicted molar refractivity (Wildman–Crippen MR) is 137 cm³/mol. The van der Waals surface area contributed by atoms with Gasteiger partial charge in [0, 0.05) is 50.1 Å². The summed E-state index contributed by atoms with van der Waals surface area (Å²) in [5.74, 6) is 2.28. The van der Waals surface area contributed by atoms with Crippen molar-refractivity contribution in [3.63, 3.8) is 0 Å². The van der Waals surface area contributed by atoms with Gasteiger partial charge in [0.05, 0.1) is 49.4 Å². The van der Waals surface area contributed by atoms with Crippen LogP contribution >= 0.6 is 0 Å². The summed E-state index contributed by atoms with van der Waals surface area (Å²) in [6.45, 7) is 5.70. The summed E-state index contributed by atoms with van der Waals surface area (Å²) in [4.78, 5) is 44.8. The molecule has 0 saturated carbocycles. The van der Waals surface area contributed by atoms with Crippen LogP contribution in [0.5, 0.6) is 23.0 Å². The standard InChI is InChI=1S/C29H32N2O7/c1-28-13-30(25(32)19-5-7-21-17(9-11-37-21)23(19)35-3)15-29(2,27(28)34)16-31(14-28)26(33)20-6-8-22-18(10-12-38-22)24(20)36-4/h5-8H,9-16H2,1-4H3. The van der Waals surface area contributed by atoms with E-state index in [4.69, 9.17) is 18.9 Å². The van der Waals surface area contributed by atoms with E-state index in [-0.39, 0.29) is 43.8 Å². The Hall–Kier alpha value is -3.75. The number of fused-ring (bicyclic) bond motifs is 4. The number of nitrogens with zero attached hydrogens (tertiary/aromatic N) is 2. The fourth-order valence-corrected chi connectivity index (χ4v) is 6.83. The second-order valence-corrected chi connectivity index (χ2v) is 11.2. The van der Waals surface area contributed by atoms with Crippen LogP contribution in [-0.4, -0.2) is 81.0 Å². The van der Waals surface area contributed by atoms with Crippen LogP contribution in [0.3, 0.4) is 0 Å². The van der Waals surface area contributed by atoms with Gasteiger partial charge in [-0.3, -0.25) is 14.4 Å². The molecule has 9 heteroatoms.